The number of nitrogen functional groups attached to an aromatic ring is 1. The van der Waals surface area contributed by atoms with Crippen LogP contribution in [0.2, 0.25) is 0 Å². The average molecular weight is 277 g/mol. The lowest BCUT2D eigenvalue weighted by molar-refractivity contribution is 0.0594. The molecule has 0 radical (unpaired) electrons. The van der Waals surface area contributed by atoms with Gasteiger partial charge in [0.25, 0.3) is 0 Å². The number of hydrogen-bond donors (Lipinski definition) is 2. The zero-order valence-electron chi connectivity index (χ0n) is 11.5. The fourth-order valence-electron chi connectivity index (χ4n) is 2.63. The van der Waals surface area contributed by atoms with Crippen LogP contribution in [-0.4, -0.2) is 36.8 Å². The van der Waals surface area contributed by atoms with Crippen molar-refractivity contribution in [1.29, 1.82) is 0 Å². The Kier molecular flexibility index (Phi) is 3.48. The van der Waals surface area contributed by atoms with Crippen molar-refractivity contribution < 1.29 is 14.3 Å². The number of hydrogen-bond acceptors (Lipinski definition) is 6. The van der Waals surface area contributed by atoms with Crippen LogP contribution in [0.25, 0.3) is 0 Å². The van der Waals surface area contributed by atoms with E-state index in [1.165, 1.54) is 20.0 Å². The van der Waals surface area contributed by atoms with Gasteiger partial charge in [-0.3, -0.25) is 0 Å². The Bertz CT molecular complexity index is 516. The summed E-state index contributed by atoms with van der Waals surface area (Å²) < 4.78 is 10.5. The van der Waals surface area contributed by atoms with Crippen LogP contribution in [0.5, 0.6) is 0 Å². The summed E-state index contributed by atoms with van der Waals surface area (Å²) in [6.07, 6.45) is 3.63. The van der Waals surface area contributed by atoms with Gasteiger partial charge in [-0.15, -0.1) is 0 Å². The number of pyridine rings is 1. The number of esters is 1. The van der Waals surface area contributed by atoms with Crippen LogP contribution in [0.3, 0.4) is 0 Å². The molecule has 6 heteroatoms. The molecule has 20 heavy (non-hydrogen) atoms. The van der Waals surface area contributed by atoms with E-state index in [0.717, 1.165) is 13.0 Å². The third-order valence-electron chi connectivity index (χ3n) is 3.87. The number of carbonyl (C=O) groups is 1. The Morgan fingerprint density at radius 3 is 2.95 bits per heavy atom. The molecule has 0 spiro atoms. The van der Waals surface area contributed by atoms with Crippen LogP contribution in [-0.2, 0) is 9.47 Å². The topological polar surface area (TPSA) is 86.5 Å². The predicted octanol–water partition coefficient (Wildman–Crippen LogP) is 1.43. The van der Waals surface area contributed by atoms with Gasteiger partial charge in [-0.25, -0.2) is 9.78 Å². The molecule has 0 aromatic carbocycles. The highest BCUT2D eigenvalue weighted by Gasteiger charge is 2.40. The van der Waals surface area contributed by atoms with Gasteiger partial charge in [0.2, 0.25) is 0 Å². The first-order valence-corrected chi connectivity index (χ1v) is 6.92. The third-order valence-corrected chi connectivity index (χ3v) is 3.87. The van der Waals surface area contributed by atoms with Crippen molar-refractivity contribution in [2.45, 2.75) is 31.4 Å². The summed E-state index contributed by atoms with van der Waals surface area (Å²) in [4.78, 5) is 15.8. The molecule has 108 valence electrons. The fraction of sp³-hybridized carbons (Fsp3) is 0.571. The maximum absolute atomic E-state index is 11.5. The Hall–Kier alpha value is -1.82. The van der Waals surface area contributed by atoms with Crippen molar-refractivity contribution >= 4 is 17.5 Å². The van der Waals surface area contributed by atoms with Crippen LogP contribution in [0.15, 0.2) is 12.1 Å². The smallest absolute Gasteiger partial charge is 0.356 e. The van der Waals surface area contributed by atoms with Crippen LogP contribution in [0, 0.1) is 5.92 Å². The van der Waals surface area contributed by atoms with Crippen LogP contribution in [0.1, 0.15) is 29.8 Å². The summed E-state index contributed by atoms with van der Waals surface area (Å²) in [5, 5.41) is 3.33. The van der Waals surface area contributed by atoms with Gasteiger partial charge in [0, 0.05) is 6.61 Å². The first-order valence-electron chi connectivity index (χ1n) is 6.92. The number of nitrogens with one attached hydrogen (secondary N) is 1. The molecule has 2 fully saturated rings. The second-order valence-corrected chi connectivity index (χ2v) is 5.34. The minimum absolute atomic E-state index is 0.213. The largest absolute Gasteiger partial charge is 0.464 e. The maximum atomic E-state index is 11.5. The first-order chi connectivity index (χ1) is 9.69. The molecule has 1 aromatic heterocycles. The molecule has 3 rings (SSSR count). The lowest BCUT2D eigenvalue weighted by Crippen LogP contribution is -2.31. The summed E-state index contributed by atoms with van der Waals surface area (Å²) in [7, 11) is 1.33. The molecule has 3 N–H and O–H groups in total. The molecule has 2 atom stereocenters. The molecule has 2 unspecified atom stereocenters. The lowest BCUT2D eigenvalue weighted by atomic mass is 10.1. The summed E-state index contributed by atoms with van der Waals surface area (Å²) >= 11 is 0. The number of nitrogens with two attached hydrogens (primary N) is 1. The molecule has 0 bridgehead atoms. The Labute approximate surface area is 117 Å². The van der Waals surface area contributed by atoms with Crippen LogP contribution in [0.4, 0.5) is 11.5 Å². The van der Waals surface area contributed by atoms with Gasteiger partial charge in [0.05, 0.1) is 24.9 Å². The molecule has 6 nitrogen and oxygen atoms in total. The minimum atomic E-state index is -0.463. The number of anilines is 2. The molecular formula is C14H19N3O3. The van der Waals surface area contributed by atoms with Crippen molar-refractivity contribution in [3.8, 4) is 0 Å². The van der Waals surface area contributed by atoms with E-state index < -0.39 is 5.97 Å². The number of methoxy groups -OCH3 is 1. The van der Waals surface area contributed by atoms with Gasteiger partial charge in [0.15, 0.2) is 11.5 Å². The highest BCUT2D eigenvalue weighted by atomic mass is 16.5. The molecule has 2 heterocycles. The van der Waals surface area contributed by atoms with E-state index in [-0.39, 0.29) is 17.8 Å². The molecule has 1 aliphatic heterocycles. The van der Waals surface area contributed by atoms with Crippen molar-refractivity contribution in [3.05, 3.63) is 17.8 Å². The SMILES string of the molecule is COC(=O)c1ccc(N)c(NC2CCOC2C2CC2)n1. The lowest BCUT2D eigenvalue weighted by Gasteiger charge is -2.21. The van der Waals surface area contributed by atoms with E-state index in [2.05, 4.69) is 15.0 Å². The summed E-state index contributed by atoms with van der Waals surface area (Å²) in [5.41, 5.74) is 6.71. The van der Waals surface area contributed by atoms with Gasteiger partial charge in [-0.2, -0.15) is 0 Å². The predicted molar refractivity (Wildman–Crippen MR) is 74.5 cm³/mol. The van der Waals surface area contributed by atoms with Gasteiger partial charge in [-0.05, 0) is 37.3 Å². The van der Waals surface area contributed by atoms with Crippen molar-refractivity contribution in [2.75, 3.05) is 24.8 Å². The van der Waals surface area contributed by atoms with Crippen molar-refractivity contribution in [2.24, 2.45) is 5.92 Å². The Morgan fingerprint density at radius 1 is 1.45 bits per heavy atom. The highest BCUT2D eigenvalue weighted by molar-refractivity contribution is 5.88. The van der Waals surface area contributed by atoms with E-state index in [1.807, 2.05) is 0 Å². The second kappa shape index (κ2) is 5.28. The van der Waals surface area contributed by atoms with Gasteiger partial charge in [-0.1, -0.05) is 0 Å². The maximum Gasteiger partial charge on any atom is 0.356 e. The van der Waals surface area contributed by atoms with Crippen molar-refractivity contribution in [3.63, 3.8) is 0 Å². The van der Waals surface area contributed by atoms with Crippen molar-refractivity contribution in [1.82, 2.24) is 4.98 Å². The molecule has 1 saturated heterocycles. The fourth-order valence-corrected chi connectivity index (χ4v) is 2.63. The molecule has 2 aliphatic rings. The van der Waals surface area contributed by atoms with Gasteiger partial charge in [0.1, 0.15) is 0 Å². The minimum Gasteiger partial charge on any atom is -0.464 e. The number of rotatable bonds is 4. The zero-order valence-corrected chi connectivity index (χ0v) is 11.5. The average Bonchev–Trinajstić information content (AvgIpc) is 3.20. The second-order valence-electron chi connectivity index (χ2n) is 5.34. The number of nitrogens with zero attached hydrogens (tertiary/aromatic N) is 1. The normalized spacial score (nSPS) is 25.4. The molecule has 1 aliphatic carbocycles. The molecule has 1 aromatic rings. The standard InChI is InChI=1S/C14H19N3O3/c1-19-14(18)11-5-4-9(15)13(17-11)16-10-6-7-20-12(10)8-2-3-8/h4-5,8,10,12H,2-3,6-7,15H2,1H3,(H,16,17). The first kappa shape index (κ1) is 13.2. The van der Waals surface area contributed by atoms with Gasteiger partial charge >= 0.3 is 5.97 Å². The molecule has 1 saturated carbocycles. The van der Waals surface area contributed by atoms with E-state index in [9.17, 15) is 4.79 Å². The quantitative estimate of drug-likeness (QED) is 0.810. The summed E-state index contributed by atoms with van der Waals surface area (Å²) in [6.45, 7) is 0.759. The monoisotopic (exact) mass is 277 g/mol. The zero-order chi connectivity index (χ0) is 14.1. The number of carbonyl (C=O) groups excluding carboxylic acids is 1. The summed E-state index contributed by atoms with van der Waals surface area (Å²) in [6, 6.07) is 3.45. The third kappa shape index (κ3) is 2.56. The summed E-state index contributed by atoms with van der Waals surface area (Å²) in [5.74, 6) is 0.725. The Morgan fingerprint density at radius 2 is 2.25 bits per heavy atom. The van der Waals surface area contributed by atoms with Crippen LogP contribution >= 0.6 is 0 Å². The van der Waals surface area contributed by atoms with E-state index in [0.29, 0.717) is 17.4 Å². The molecular weight excluding hydrogens is 258 g/mol. The van der Waals surface area contributed by atoms with E-state index >= 15 is 0 Å². The van der Waals surface area contributed by atoms with E-state index in [1.54, 1.807) is 12.1 Å². The van der Waals surface area contributed by atoms with Gasteiger partial charge < -0.3 is 20.5 Å². The Balaban J connectivity index is 1.77. The highest BCUT2D eigenvalue weighted by Crippen LogP contribution is 2.39. The number of aromatic nitrogens is 1. The number of ether oxygens (including phenoxy) is 2. The van der Waals surface area contributed by atoms with Crippen LogP contribution < -0.4 is 11.1 Å². The molecule has 0 amide bonds. The van der Waals surface area contributed by atoms with E-state index in [4.69, 9.17) is 10.5 Å².